The summed E-state index contributed by atoms with van der Waals surface area (Å²) in [6, 6.07) is 21.6. The van der Waals surface area contributed by atoms with Crippen molar-refractivity contribution in [1.82, 2.24) is 29.9 Å². The second-order valence-corrected chi connectivity index (χ2v) is 29.0. The monoisotopic (exact) mass is 1650 g/mol. The van der Waals surface area contributed by atoms with Crippen LogP contribution in [0.5, 0.6) is 0 Å². The van der Waals surface area contributed by atoms with Crippen LogP contribution in [0.25, 0.3) is 0 Å². The number of nitrogens with two attached hydrogens (primary N) is 2. The van der Waals surface area contributed by atoms with E-state index in [4.69, 9.17) is 27.3 Å². The third-order valence-electron chi connectivity index (χ3n) is 11.6. The molecule has 518 valence electrons. The van der Waals surface area contributed by atoms with Gasteiger partial charge in [-0.2, -0.15) is 34.2 Å². The molecule has 6 aromatic carbocycles. The molecule has 0 aliphatic carbocycles. The zero-order chi connectivity index (χ0) is 69.8. The van der Waals surface area contributed by atoms with Crippen LogP contribution in [-0.4, -0.2) is 123 Å². The van der Waals surface area contributed by atoms with Crippen molar-refractivity contribution in [2.75, 3.05) is 62.8 Å². The predicted molar refractivity (Wildman–Crippen MR) is 331 cm³/mol. The first-order valence-electron chi connectivity index (χ1n) is 25.1. The quantitative estimate of drug-likeness (QED) is 0.00237. The summed E-state index contributed by atoms with van der Waals surface area (Å²) in [5, 5.41) is 56.7. The van der Waals surface area contributed by atoms with E-state index in [2.05, 4.69) is 99.9 Å². The fourth-order valence-electron chi connectivity index (χ4n) is 7.51. The minimum Gasteiger partial charge on any atom is -0.744 e. The second kappa shape index (κ2) is 43.7. The average molecular weight is 1660 g/mol. The van der Waals surface area contributed by atoms with Gasteiger partial charge in [-0.05, 0) is 121 Å². The van der Waals surface area contributed by atoms with Crippen molar-refractivity contribution in [1.29, 1.82) is 0 Å². The summed E-state index contributed by atoms with van der Waals surface area (Å²) in [5.41, 5.74) is 8.62. The average Bonchev–Trinajstić information content (AvgIpc) is 0.785. The molecule has 0 saturated heterocycles. The summed E-state index contributed by atoms with van der Waals surface area (Å²) in [7, 11) is -29.2. The number of aromatic nitrogens is 6. The fourth-order valence-corrected chi connectivity index (χ4v) is 12.7. The first kappa shape index (κ1) is 98.4. The first-order valence-corrected chi connectivity index (χ1v) is 35.8. The Morgan fingerprint density at radius 2 is 0.874 bits per heavy atom. The van der Waals surface area contributed by atoms with Crippen LogP contribution in [0, 0.1) is 0 Å². The number of azo groups is 2. The summed E-state index contributed by atoms with van der Waals surface area (Å²) >= 11 is 6.53. The fraction of sp³-hybridized carbons (Fsp3) is 0.106. The van der Waals surface area contributed by atoms with Crippen molar-refractivity contribution in [2.45, 2.75) is 36.8 Å². The maximum absolute atomic E-state index is 12.9. The minimum atomic E-state index is -5.58. The first-order chi connectivity index (χ1) is 45.2. The molecule has 56 heteroatoms. The van der Waals surface area contributed by atoms with Gasteiger partial charge in [-0.15, -0.1) is 24.8 Å². The van der Waals surface area contributed by atoms with E-state index in [9.17, 15) is 79.2 Å². The number of nitrogen functional groups attached to an aromatic ring is 2. The van der Waals surface area contributed by atoms with Gasteiger partial charge in [0.25, 0.3) is 0 Å². The smallest absolute Gasteiger partial charge is 0.744 e. The SMILES string of the molecule is C.Nc1c(N=Nc2cc(Nc3nc(Cl)nc(Nc4ccc(S(=O)(=O)CCOS(=O)(=O)[O-])cc4)n3)ccc2S(=O)(=O)[O-])cc(S(=O)(=O)[O-])c(N)c1N=Nc1cc(Nc2nc(Nc3ccc(S(=O)(=O)CCOSOO[O-])cc3)nc(Nc3cccc(S(=O)(=O)[O-])c3)n2)ccc1SOO[O-].[Na+].[Na+].[Na+].[Na+].[Na+].[Na+]. The van der Waals surface area contributed by atoms with Crippen molar-refractivity contribution < 1.29 is 284 Å². The van der Waals surface area contributed by atoms with Crippen molar-refractivity contribution in [3.05, 3.63) is 121 Å². The Balaban J connectivity index is 0.00000758. The Bertz CT molecular complexity index is 5040. The molecule has 8 rings (SSSR count). The Morgan fingerprint density at radius 3 is 1.35 bits per heavy atom. The van der Waals surface area contributed by atoms with E-state index in [1.807, 2.05) is 0 Å². The molecule has 0 aliphatic heterocycles. The summed E-state index contributed by atoms with van der Waals surface area (Å²) in [6.45, 7) is -1.34. The van der Waals surface area contributed by atoms with Gasteiger partial charge >= 0.3 is 177 Å². The number of nitrogens with one attached hydrogen (secondary N) is 5. The molecule has 9 N–H and O–H groups in total. The standard InChI is InChI=1S/C46H42ClN17O24S8.CH4.6Na/c47-41-55-42(50-24-4-12-30(13-5-24)92(69,70)19-17-84-96(80,81)82)57-43(56-41)53-28-9-15-36(94(74,75)76)33(22-28)62-63-34-23-37(95(77,78)79)39(49)40(38(34)48)64-61-32-21-27(8-14-35(32)89-87-85-65)54-46-59-44(58-45(60-46)52-26-2-1-3-31(20-26)93(71,72)73)51-25-6-10-29(11-7-25)91(67,68)18-16-83-90-88-86-66;;;;;;;/h1-15,20-23,65-66H,16-19,48-49H2,(H,71,72,73)(H,74,75,76)(H,77,78,79)(H,80,81,82)(H2,50,53,55,56,57)(H3,51,52,54,58,59,60);1H4;;;;;;/q;;6*+1/p-6. The van der Waals surface area contributed by atoms with E-state index in [1.54, 1.807) is 0 Å². The third kappa shape index (κ3) is 29.9. The van der Waals surface area contributed by atoms with Gasteiger partial charge in [-0.1, -0.05) is 13.5 Å². The van der Waals surface area contributed by atoms with Gasteiger partial charge in [0.1, 0.15) is 53.1 Å². The van der Waals surface area contributed by atoms with E-state index in [-0.39, 0.29) is 288 Å². The van der Waals surface area contributed by atoms with E-state index >= 15 is 0 Å². The number of sulfone groups is 2. The van der Waals surface area contributed by atoms with Crippen LogP contribution < -0.4 is 226 Å². The van der Waals surface area contributed by atoms with Crippen molar-refractivity contribution in [3.63, 3.8) is 0 Å². The van der Waals surface area contributed by atoms with Crippen LogP contribution in [0.2, 0.25) is 5.28 Å². The zero-order valence-corrected chi connectivity index (χ0v) is 72.2. The van der Waals surface area contributed by atoms with Crippen molar-refractivity contribution in [3.8, 4) is 0 Å². The Morgan fingerprint density at radius 1 is 0.447 bits per heavy atom. The maximum atomic E-state index is 12.9. The van der Waals surface area contributed by atoms with Gasteiger partial charge in [-0.25, -0.2) is 50.5 Å². The van der Waals surface area contributed by atoms with E-state index in [0.29, 0.717) is 6.07 Å². The number of benzene rings is 6. The van der Waals surface area contributed by atoms with Crippen molar-refractivity contribution in [2.24, 2.45) is 20.5 Å². The van der Waals surface area contributed by atoms with Gasteiger partial charge < -0.3 is 66.8 Å². The second-order valence-electron chi connectivity index (χ2n) is 18.1. The topological polar surface area (TPSA) is 638 Å². The Labute approximate surface area is 732 Å². The largest absolute Gasteiger partial charge is 1.00 e. The van der Waals surface area contributed by atoms with Crippen LogP contribution in [0.15, 0.2) is 165 Å². The van der Waals surface area contributed by atoms with Crippen LogP contribution in [0.3, 0.4) is 0 Å². The molecule has 0 spiro atoms. The molecule has 2 aromatic heterocycles. The summed E-state index contributed by atoms with van der Waals surface area (Å²) < 4.78 is 212. The molecule has 103 heavy (non-hydrogen) atoms. The molecule has 41 nitrogen and oxygen atoms in total. The molecule has 0 fully saturated rings. The molecule has 8 aromatic rings. The van der Waals surface area contributed by atoms with Crippen LogP contribution in [0.1, 0.15) is 7.43 Å². The van der Waals surface area contributed by atoms with Gasteiger partial charge in [0.2, 0.25) is 45.4 Å². The van der Waals surface area contributed by atoms with Crippen LogP contribution >= 0.6 is 36.0 Å². The number of rotatable bonds is 32. The predicted octanol–water partition coefficient (Wildman–Crippen LogP) is -13.1. The molecule has 0 bridgehead atoms. The third-order valence-corrected chi connectivity index (χ3v) is 19.3. The molecule has 0 saturated carbocycles. The Kier molecular flexibility index (Phi) is 41.7. The number of nitrogens with zero attached hydrogens (tertiary/aromatic N) is 10. The zero-order valence-electron chi connectivity index (χ0n) is 52.9. The van der Waals surface area contributed by atoms with Crippen molar-refractivity contribution >= 4 is 189 Å². The number of hydrogen-bond donors (Lipinski definition) is 7. The summed E-state index contributed by atoms with van der Waals surface area (Å²) in [4.78, 5) is 21.6. The molecule has 0 radical (unpaired) electrons. The normalized spacial score (nSPS) is 11.6. The summed E-state index contributed by atoms with van der Waals surface area (Å²) in [5.74, 6) is -2.88. The summed E-state index contributed by atoms with van der Waals surface area (Å²) in [6.07, 6.45) is 0. The Hall–Kier alpha value is -2.65. The molecule has 0 aliphatic rings. The molecule has 0 unspecified atom stereocenters. The van der Waals surface area contributed by atoms with Gasteiger partial charge in [0, 0.05) is 28.4 Å². The number of anilines is 12. The maximum Gasteiger partial charge on any atom is 1.00 e. The minimum absolute atomic E-state index is 0. The number of hydrogen-bond acceptors (Lipinski definition) is 43. The molecule has 0 atom stereocenters. The van der Waals surface area contributed by atoms with Crippen LogP contribution in [0.4, 0.5) is 92.3 Å². The van der Waals surface area contributed by atoms with E-state index in [0.717, 1.165) is 42.5 Å². The van der Waals surface area contributed by atoms with Gasteiger partial charge in [-0.3, -0.25) is 18.4 Å². The van der Waals surface area contributed by atoms with E-state index < -0.39 is 134 Å². The molecular weight excluding hydrogens is 1620 g/mol. The van der Waals surface area contributed by atoms with Crippen LogP contribution in [-0.2, 0) is 87.5 Å². The van der Waals surface area contributed by atoms with E-state index in [1.165, 1.54) is 66.7 Å². The molecule has 0 amide bonds. The number of halogens is 1. The molecular formula is C47H40ClN17Na6O24S8. The van der Waals surface area contributed by atoms with Gasteiger partial charge in [0.05, 0.1) is 77.5 Å². The van der Waals surface area contributed by atoms with Gasteiger partial charge in [0.15, 0.2) is 32.0 Å². The molecule has 2 heterocycles.